The average molecular weight is 396 g/mol. The largest absolute Gasteiger partial charge is 0.492 e. The zero-order chi connectivity index (χ0) is 19.1. The summed E-state index contributed by atoms with van der Waals surface area (Å²) in [7, 11) is 0. The van der Waals surface area contributed by atoms with Crippen LogP contribution in [0.15, 0.2) is 30.6 Å². The molecule has 1 aromatic carbocycles. The highest BCUT2D eigenvalue weighted by molar-refractivity contribution is 7.14. The first-order valence-corrected chi connectivity index (χ1v) is 10.2. The van der Waals surface area contributed by atoms with Crippen molar-refractivity contribution in [2.24, 2.45) is 0 Å². The third-order valence-electron chi connectivity index (χ3n) is 5.38. The Bertz CT molecular complexity index is 1010. The maximum atomic E-state index is 13.0. The summed E-state index contributed by atoms with van der Waals surface area (Å²) in [6.07, 6.45) is 6.12. The van der Waals surface area contributed by atoms with Gasteiger partial charge in [0.15, 0.2) is 5.01 Å². The second-order valence-corrected chi connectivity index (χ2v) is 8.15. The Morgan fingerprint density at radius 1 is 1.39 bits per heavy atom. The highest BCUT2D eigenvalue weighted by Crippen LogP contribution is 2.40. The highest BCUT2D eigenvalue weighted by atomic mass is 32.1. The molecule has 1 saturated heterocycles. The molecule has 4 heterocycles. The molecule has 2 aliphatic rings. The van der Waals surface area contributed by atoms with Crippen molar-refractivity contribution in [3.63, 3.8) is 0 Å². The Morgan fingerprint density at radius 3 is 3.14 bits per heavy atom. The van der Waals surface area contributed by atoms with Gasteiger partial charge < -0.3 is 14.7 Å². The average Bonchev–Trinajstić information content (AvgIpc) is 3.46. The predicted molar refractivity (Wildman–Crippen MR) is 105 cm³/mol. The van der Waals surface area contributed by atoms with E-state index in [2.05, 4.69) is 10.2 Å². The molecule has 0 spiro atoms. The number of nitrogens with one attached hydrogen (secondary N) is 1. The number of aromatic nitrogens is 3. The molecule has 8 heteroatoms. The van der Waals surface area contributed by atoms with Crippen LogP contribution in [0.5, 0.6) is 5.75 Å². The van der Waals surface area contributed by atoms with Crippen LogP contribution in [-0.4, -0.2) is 56.9 Å². The van der Waals surface area contributed by atoms with E-state index >= 15 is 0 Å². The van der Waals surface area contributed by atoms with E-state index in [0.29, 0.717) is 18.2 Å². The summed E-state index contributed by atoms with van der Waals surface area (Å²) in [6.45, 7) is 1.24. The number of hydrogen-bond donors (Lipinski definition) is 2. The second-order valence-electron chi connectivity index (χ2n) is 7.06. The summed E-state index contributed by atoms with van der Waals surface area (Å²) in [5.74, 6) is 0.697. The number of thiazole rings is 1. The molecular weight excluding hydrogens is 376 g/mol. The highest BCUT2D eigenvalue weighted by Gasteiger charge is 2.32. The van der Waals surface area contributed by atoms with E-state index in [4.69, 9.17) is 9.72 Å². The summed E-state index contributed by atoms with van der Waals surface area (Å²) >= 11 is 1.44. The lowest BCUT2D eigenvalue weighted by Gasteiger charge is -2.21. The summed E-state index contributed by atoms with van der Waals surface area (Å²) in [5, 5.41) is 16.9. The molecule has 1 amide bonds. The topological polar surface area (TPSA) is 91.3 Å². The Labute approximate surface area is 166 Å². The molecule has 3 aromatic rings. The molecule has 0 aliphatic carbocycles. The molecule has 1 fully saturated rings. The lowest BCUT2D eigenvalue weighted by Crippen LogP contribution is -2.37. The molecule has 2 aromatic heterocycles. The third kappa shape index (κ3) is 2.89. The van der Waals surface area contributed by atoms with Crippen molar-refractivity contribution >= 4 is 17.2 Å². The zero-order valence-corrected chi connectivity index (χ0v) is 16.0. The standard InChI is InChI=1S/C20H20N4O3S/c25-11-14-2-1-6-24(14)20(26)19-23-18-15-4-3-12(13-9-21-22-10-13)8-16(15)27-7-5-17(18)28-19/h3-4,8-10,14,25H,1-2,5-7,11H2,(H,21,22). The van der Waals surface area contributed by atoms with Crippen LogP contribution in [0.1, 0.15) is 27.5 Å². The maximum Gasteiger partial charge on any atom is 0.283 e. The molecule has 144 valence electrons. The van der Waals surface area contributed by atoms with Crippen LogP contribution in [0.3, 0.4) is 0 Å². The quantitative estimate of drug-likeness (QED) is 0.710. The number of H-pyrrole nitrogens is 1. The van der Waals surface area contributed by atoms with Gasteiger partial charge in [-0.25, -0.2) is 4.98 Å². The number of likely N-dealkylation sites (tertiary alicyclic amines) is 1. The van der Waals surface area contributed by atoms with Gasteiger partial charge in [-0.3, -0.25) is 9.89 Å². The van der Waals surface area contributed by atoms with Crippen LogP contribution in [0.2, 0.25) is 0 Å². The Hall–Kier alpha value is -2.71. The van der Waals surface area contributed by atoms with E-state index in [1.807, 2.05) is 24.4 Å². The fourth-order valence-electron chi connectivity index (χ4n) is 3.92. The number of amides is 1. The Morgan fingerprint density at radius 2 is 2.32 bits per heavy atom. The van der Waals surface area contributed by atoms with E-state index in [1.54, 1.807) is 11.1 Å². The van der Waals surface area contributed by atoms with Gasteiger partial charge in [0.25, 0.3) is 5.91 Å². The minimum absolute atomic E-state index is 0.00426. The minimum Gasteiger partial charge on any atom is -0.492 e. The lowest BCUT2D eigenvalue weighted by molar-refractivity contribution is 0.0677. The number of benzene rings is 1. The maximum absolute atomic E-state index is 13.0. The van der Waals surface area contributed by atoms with Crippen LogP contribution < -0.4 is 4.74 Å². The molecule has 5 rings (SSSR count). The smallest absolute Gasteiger partial charge is 0.283 e. The van der Waals surface area contributed by atoms with Gasteiger partial charge in [-0.2, -0.15) is 5.10 Å². The summed E-state index contributed by atoms with van der Waals surface area (Å²) in [5.41, 5.74) is 3.76. The molecule has 0 saturated carbocycles. The molecule has 2 N–H and O–H groups in total. The SMILES string of the molecule is O=C(c1nc2c(s1)CCOc1cc(-c3cn[nH]c3)ccc1-2)N1CCCC1CO. The molecule has 7 nitrogen and oxygen atoms in total. The molecule has 0 bridgehead atoms. The van der Waals surface area contributed by atoms with Crippen LogP contribution >= 0.6 is 11.3 Å². The van der Waals surface area contributed by atoms with Crippen molar-refractivity contribution < 1.29 is 14.6 Å². The van der Waals surface area contributed by atoms with Crippen LogP contribution in [0.25, 0.3) is 22.4 Å². The fraction of sp³-hybridized carbons (Fsp3) is 0.350. The van der Waals surface area contributed by atoms with E-state index in [1.165, 1.54) is 11.3 Å². The van der Waals surface area contributed by atoms with Crippen molar-refractivity contribution in [1.29, 1.82) is 0 Å². The first kappa shape index (κ1) is 17.4. The van der Waals surface area contributed by atoms with E-state index in [0.717, 1.165) is 52.3 Å². The number of nitrogens with zero attached hydrogens (tertiary/aromatic N) is 3. The van der Waals surface area contributed by atoms with Gasteiger partial charge in [-0.15, -0.1) is 11.3 Å². The Balaban J connectivity index is 1.51. The molecule has 1 unspecified atom stereocenters. The monoisotopic (exact) mass is 396 g/mol. The van der Waals surface area contributed by atoms with E-state index < -0.39 is 0 Å². The van der Waals surface area contributed by atoms with Crippen molar-refractivity contribution in [3.05, 3.63) is 40.5 Å². The van der Waals surface area contributed by atoms with Crippen LogP contribution in [0, 0.1) is 0 Å². The zero-order valence-electron chi connectivity index (χ0n) is 15.2. The van der Waals surface area contributed by atoms with Gasteiger partial charge in [0.1, 0.15) is 5.75 Å². The first-order chi connectivity index (χ1) is 13.7. The number of carbonyl (C=O) groups excluding carboxylic acids is 1. The van der Waals surface area contributed by atoms with Crippen LogP contribution in [0.4, 0.5) is 0 Å². The summed E-state index contributed by atoms with van der Waals surface area (Å²) in [6, 6.07) is 5.93. The molecule has 1 atom stereocenters. The minimum atomic E-state index is -0.0932. The number of hydrogen-bond acceptors (Lipinski definition) is 6. The van der Waals surface area contributed by atoms with Gasteiger partial charge in [-0.05, 0) is 30.5 Å². The second kappa shape index (κ2) is 7.03. The summed E-state index contributed by atoms with van der Waals surface area (Å²) in [4.78, 5) is 20.5. The number of rotatable bonds is 3. The fourth-order valence-corrected chi connectivity index (χ4v) is 4.93. The predicted octanol–water partition coefficient (Wildman–Crippen LogP) is 2.73. The number of fused-ring (bicyclic) bond motifs is 3. The summed E-state index contributed by atoms with van der Waals surface area (Å²) < 4.78 is 5.97. The molecule has 0 radical (unpaired) electrons. The van der Waals surface area contributed by atoms with E-state index in [9.17, 15) is 9.90 Å². The normalized spacial score (nSPS) is 18.3. The Kier molecular flexibility index (Phi) is 4.37. The lowest BCUT2D eigenvalue weighted by atomic mass is 10.0. The van der Waals surface area contributed by atoms with E-state index in [-0.39, 0.29) is 18.6 Å². The van der Waals surface area contributed by atoms with Gasteiger partial charge in [0.05, 0.1) is 31.1 Å². The van der Waals surface area contributed by atoms with Gasteiger partial charge in [0, 0.05) is 35.2 Å². The number of aromatic amines is 1. The van der Waals surface area contributed by atoms with Crippen molar-refractivity contribution in [2.45, 2.75) is 25.3 Å². The number of aliphatic hydroxyl groups is 1. The molecule has 28 heavy (non-hydrogen) atoms. The molecular formula is C20H20N4O3S. The van der Waals surface area contributed by atoms with Crippen molar-refractivity contribution in [2.75, 3.05) is 19.8 Å². The van der Waals surface area contributed by atoms with Crippen LogP contribution in [-0.2, 0) is 6.42 Å². The van der Waals surface area contributed by atoms with Gasteiger partial charge in [-0.1, -0.05) is 6.07 Å². The first-order valence-electron chi connectivity index (χ1n) is 9.42. The van der Waals surface area contributed by atoms with Crippen molar-refractivity contribution in [3.8, 4) is 28.1 Å². The van der Waals surface area contributed by atoms with Crippen molar-refractivity contribution in [1.82, 2.24) is 20.1 Å². The van der Waals surface area contributed by atoms with Gasteiger partial charge >= 0.3 is 0 Å². The molecule has 2 aliphatic heterocycles. The third-order valence-corrected chi connectivity index (χ3v) is 6.49. The van der Waals surface area contributed by atoms with Gasteiger partial charge in [0.2, 0.25) is 0 Å². The number of aliphatic hydroxyl groups excluding tert-OH is 1. The number of ether oxygens (including phenoxy) is 1. The number of carbonyl (C=O) groups is 1.